The first-order valence-corrected chi connectivity index (χ1v) is 5.98. The summed E-state index contributed by atoms with van der Waals surface area (Å²) in [6.45, 7) is 7.35. The summed E-state index contributed by atoms with van der Waals surface area (Å²) in [6.07, 6.45) is 9.84. The van der Waals surface area contributed by atoms with Crippen molar-refractivity contribution in [2.45, 2.75) is 64.9 Å². The number of unbranched alkanes of at least 4 members (excludes halogenated alkanes) is 4. The zero-order valence-electron chi connectivity index (χ0n) is 10.1. The fourth-order valence-corrected chi connectivity index (χ4v) is 1.62. The van der Waals surface area contributed by atoms with Crippen molar-refractivity contribution >= 4 is 5.97 Å². The molecule has 0 amide bonds. The molecule has 0 unspecified atom stereocenters. The second-order valence-corrected chi connectivity index (χ2v) is 3.96. The van der Waals surface area contributed by atoms with Crippen molar-refractivity contribution in [2.24, 2.45) is 0 Å². The largest absolute Gasteiger partial charge is 0.462 e. The van der Waals surface area contributed by atoms with Crippen LogP contribution < -0.4 is 0 Å². The summed E-state index contributed by atoms with van der Waals surface area (Å²) in [6, 6.07) is 0. The van der Waals surface area contributed by atoms with Crippen LogP contribution in [0.15, 0.2) is 12.7 Å². The molecule has 0 saturated heterocycles. The van der Waals surface area contributed by atoms with E-state index in [9.17, 15) is 4.79 Å². The van der Waals surface area contributed by atoms with Crippen molar-refractivity contribution in [3.8, 4) is 0 Å². The van der Waals surface area contributed by atoms with Crippen LogP contribution in [0.25, 0.3) is 0 Å². The van der Waals surface area contributed by atoms with Crippen molar-refractivity contribution in [1.29, 1.82) is 0 Å². The smallest absolute Gasteiger partial charge is 0.302 e. The highest BCUT2D eigenvalue weighted by Gasteiger charge is 2.09. The Balaban J connectivity index is 3.56. The van der Waals surface area contributed by atoms with Crippen molar-refractivity contribution < 1.29 is 9.53 Å². The summed E-state index contributed by atoms with van der Waals surface area (Å²) in [5.41, 5.74) is 0. The first-order chi connectivity index (χ1) is 7.20. The Kier molecular flexibility index (Phi) is 9.24. The second kappa shape index (κ2) is 9.75. The van der Waals surface area contributed by atoms with Gasteiger partial charge >= 0.3 is 5.97 Å². The van der Waals surface area contributed by atoms with Crippen LogP contribution in [0, 0.1) is 0 Å². The van der Waals surface area contributed by atoms with Gasteiger partial charge in [-0.2, -0.15) is 0 Å². The number of rotatable bonds is 9. The van der Waals surface area contributed by atoms with Crippen LogP contribution >= 0.6 is 0 Å². The topological polar surface area (TPSA) is 26.3 Å². The van der Waals surface area contributed by atoms with Gasteiger partial charge in [-0.25, -0.2) is 0 Å². The van der Waals surface area contributed by atoms with Gasteiger partial charge in [-0.05, 0) is 12.8 Å². The Hall–Kier alpha value is -0.790. The predicted molar refractivity (Wildman–Crippen MR) is 63.7 cm³/mol. The fourth-order valence-electron chi connectivity index (χ4n) is 1.62. The lowest BCUT2D eigenvalue weighted by Gasteiger charge is -2.14. The zero-order valence-corrected chi connectivity index (χ0v) is 10.1. The number of carbonyl (C=O) groups is 1. The molecule has 2 heteroatoms. The quantitative estimate of drug-likeness (QED) is 0.329. The number of ether oxygens (including phenoxy) is 1. The molecule has 15 heavy (non-hydrogen) atoms. The number of esters is 1. The molecule has 0 aromatic rings. The van der Waals surface area contributed by atoms with Crippen molar-refractivity contribution in [3.63, 3.8) is 0 Å². The molecule has 0 aromatic heterocycles. The summed E-state index contributed by atoms with van der Waals surface area (Å²) in [5.74, 6) is -0.185. The molecule has 1 atom stereocenters. The summed E-state index contributed by atoms with van der Waals surface area (Å²) >= 11 is 0. The SMILES string of the molecule is C=CC[C@H](CCCCCCC)OC(C)=O. The Labute approximate surface area is 93.7 Å². The average Bonchev–Trinajstić information content (AvgIpc) is 2.17. The van der Waals surface area contributed by atoms with E-state index in [1.807, 2.05) is 6.08 Å². The molecule has 0 saturated carbocycles. The first kappa shape index (κ1) is 14.2. The van der Waals surface area contributed by atoms with Gasteiger partial charge in [0.1, 0.15) is 6.10 Å². The highest BCUT2D eigenvalue weighted by Crippen LogP contribution is 2.12. The number of hydrogen-bond donors (Lipinski definition) is 0. The molecule has 0 radical (unpaired) electrons. The highest BCUT2D eigenvalue weighted by atomic mass is 16.5. The van der Waals surface area contributed by atoms with Gasteiger partial charge in [0.05, 0.1) is 0 Å². The molecule has 0 aliphatic carbocycles. The maximum absolute atomic E-state index is 10.8. The van der Waals surface area contributed by atoms with E-state index in [2.05, 4.69) is 13.5 Å². The minimum absolute atomic E-state index is 0.0432. The molecular formula is C13H24O2. The van der Waals surface area contributed by atoms with Gasteiger partial charge in [0.25, 0.3) is 0 Å². The average molecular weight is 212 g/mol. The molecule has 0 heterocycles. The molecule has 0 aliphatic rings. The van der Waals surface area contributed by atoms with E-state index in [0.29, 0.717) is 0 Å². The third kappa shape index (κ3) is 9.51. The van der Waals surface area contributed by atoms with Crippen molar-refractivity contribution in [2.75, 3.05) is 0 Å². The highest BCUT2D eigenvalue weighted by molar-refractivity contribution is 5.66. The van der Waals surface area contributed by atoms with Crippen LogP contribution in [0.2, 0.25) is 0 Å². The summed E-state index contributed by atoms with van der Waals surface area (Å²) in [4.78, 5) is 10.8. The lowest BCUT2D eigenvalue weighted by atomic mass is 10.1. The van der Waals surface area contributed by atoms with Gasteiger partial charge in [0, 0.05) is 13.3 Å². The van der Waals surface area contributed by atoms with E-state index >= 15 is 0 Å². The molecule has 0 aliphatic heterocycles. The monoisotopic (exact) mass is 212 g/mol. The first-order valence-electron chi connectivity index (χ1n) is 5.98. The van der Waals surface area contributed by atoms with E-state index in [4.69, 9.17) is 4.74 Å². The Bertz CT molecular complexity index is 175. The predicted octanol–water partition coefficient (Wildman–Crippen LogP) is 3.85. The molecule has 0 fully saturated rings. The van der Waals surface area contributed by atoms with E-state index in [0.717, 1.165) is 19.3 Å². The maximum Gasteiger partial charge on any atom is 0.302 e. The van der Waals surface area contributed by atoms with Crippen LogP contribution in [0.3, 0.4) is 0 Å². The Morgan fingerprint density at radius 1 is 1.33 bits per heavy atom. The lowest BCUT2D eigenvalue weighted by molar-refractivity contribution is -0.146. The van der Waals surface area contributed by atoms with Crippen LogP contribution in [-0.4, -0.2) is 12.1 Å². The third-order valence-electron chi connectivity index (χ3n) is 2.39. The van der Waals surface area contributed by atoms with Crippen LogP contribution in [0.5, 0.6) is 0 Å². The molecule has 2 nitrogen and oxygen atoms in total. The molecular weight excluding hydrogens is 188 g/mol. The zero-order chi connectivity index (χ0) is 11.5. The fraction of sp³-hybridized carbons (Fsp3) is 0.769. The Morgan fingerprint density at radius 2 is 2.00 bits per heavy atom. The minimum atomic E-state index is -0.185. The summed E-state index contributed by atoms with van der Waals surface area (Å²) in [5, 5.41) is 0. The molecule has 0 spiro atoms. The molecule has 0 N–H and O–H groups in total. The van der Waals surface area contributed by atoms with E-state index in [1.165, 1.54) is 32.6 Å². The van der Waals surface area contributed by atoms with Gasteiger partial charge in [0.2, 0.25) is 0 Å². The van der Waals surface area contributed by atoms with Crippen molar-refractivity contribution in [1.82, 2.24) is 0 Å². The molecule has 0 rings (SSSR count). The van der Waals surface area contributed by atoms with Crippen molar-refractivity contribution in [3.05, 3.63) is 12.7 Å². The van der Waals surface area contributed by atoms with Crippen LogP contribution in [-0.2, 0) is 9.53 Å². The minimum Gasteiger partial charge on any atom is -0.462 e. The van der Waals surface area contributed by atoms with E-state index in [-0.39, 0.29) is 12.1 Å². The lowest BCUT2D eigenvalue weighted by Crippen LogP contribution is -2.15. The molecule has 0 bridgehead atoms. The third-order valence-corrected chi connectivity index (χ3v) is 2.39. The van der Waals surface area contributed by atoms with Gasteiger partial charge in [-0.3, -0.25) is 4.79 Å². The van der Waals surface area contributed by atoms with E-state index < -0.39 is 0 Å². The second-order valence-electron chi connectivity index (χ2n) is 3.96. The van der Waals surface area contributed by atoms with Gasteiger partial charge < -0.3 is 4.74 Å². The summed E-state index contributed by atoms with van der Waals surface area (Å²) < 4.78 is 5.19. The van der Waals surface area contributed by atoms with Crippen LogP contribution in [0.1, 0.15) is 58.8 Å². The summed E-state index contributed by atoms with van der Waals surface area (Å²) in [7, 11) is 0. The van der Waals surface area contributed by atoms with E-state index in [1.54, 1.807) is 0 Å². The Morgan fingerprint density at radius 3 is 2.53 bits per heavy atom. The van der Waals surface area contributed by atoms with Gasteiger partial charge in [-0.1, -0.05) is 38.7 Å². The number of carbonyl (C=O) groups excluding carboxylic acids is 1. The standard InChI is InChI=1S/C13H24O2/c1-4-6-7-8-9-11-13(10-5-2)15-12(3)14/h5,13H,2,4,6-11H2,1,3H3/t13-/m1/s1. The molecule has 88 valence electrons. The maximum atomic E-state index is 10.8. The normalized spacial score (nSPS) is 12.1. The van der Waals surface area contributed by atoms with Gasteiger partial charge in [0.15, 0.2) is 0 Å². The van der Waals surface area contributed by atoms with Gasteiger partial charge in [-0.15, -0.1) is 6.58 Å². The molecule has 0 aromatic carbocycles. The number of hydrogen-bond acceptors (Lipinski definition) is 2. The van der Waals surface area contributed by atoms with Crippen LogP contribution in [0.4, 0.5) is 0 Å².